The second-order valence-corrected chi connectivity index (χ2v) is 3.74. The minimum Gasteiger partial charge on any atom is -0.475 e. The van der Waals surface area contributed by atoms with E-state index in [0.29, 0.717) is 0 Å². The van der Waals surface area contributed by atoms with Gasteiger partial charge in [-0.1, -0.05) is 26.0 Å². The van der Waals surface area contributed by atoms with Crippen LogP contribution in [0.2, 0.25) is 0 Å². The van der Waals surface area contributed by atoms with Crippen molar-refractivity contribution in [2.75, 3.05) is 13.1 Å². The van der Waals surface area contributed by atoms with E-state index in [1.165, 1.54) is 0 Å². The quantitative estimate of drug-likeness (QED) is 0.751. The van der Waals surface area contributed by atoms with E-state index in [1.54, 1.807) is 0 Å². The lowest BCUT2D eigenvalue weighted by Crippen LogP contribution is -2.36. The van der Waals surface area contributed by atoms with Gasteiger partial charge < -0.3 is 9.84 Å². The number of aliphatic hydroxyl groups is 1. The zero-order valence-electron chi connectivity index (χ0n) is 10.3. The number of benzene rings is 1. The van der Waals surface area contributed by atoms with Gasteiger partial charge in [0.1, 0.15) is 12.0 Å². The molecule has 1 atom stereocenters. The summed E-state index contributed by atoms with van der Waals surface area (Å²) in [6, 6.07) is 7.55. The Hall–Kier alpha value is -1.06. The van der Waals surface area contributed by atoms with Crippen LogP contribution < -0.4 is 4.74 Å². The number of ether oxygens (including phenoxy) is 1. The lowest BCUT2D eigenvalue weighted by molar-refractivity contribution is 0.0480. The van der Waals surface area contributed by atoms with Gasteiger partial charge in [-0.25, -0.2) is 0 Å². The topological polar surface area (TPSA) is 32.7 Å². The molecule has 3 heteroatoms. The van der Waals surface area contributed by atoms with E-state index in [0.717, 1.165) is 24.4 Å². The SMILES string of the molecule is CCN(CC)C(C)Oc1ccc(CO)cc1. The van der Waals surface area contributed by atoms with Gasteiger partial charge in [-0.2, -0.15) is 0 Å². The van der Waals surface area contributed by atoms with Gasteiger partial charge in [0.25, 0.3) is 0 Å². The third-order valence-corrected chi connectivity index (χ3v) is 2.74. The van der Waals surface area contributed by atoms with Crippen LogP contribution >= 0.6 is 0 Å². The standard InChI is InChI=1S/C13H21NO2/c1-4-14(5-2)11(3)16-13-8-6-12(10-15)7-9-13/h6-9,11,15H,4-5,10H2,1-3H3. The number of aliphatic hydroxyl groups excluding tert-OH is 1. The fourth-order valence-corrected chi connectivity index (χ4v) is 1.68. The highest BCUT2D eigenvalue weighted by Gasteiger charge is 2.10. The first-order chi connectivity index (χ1) is 7.71. The molecule has 16 heavy (non-hydrogen) atoms. The fraction of sp³-hybridized carbons (Fsp3) is 0.538. The van der Waals surface area contributed by atoms with Crippen molar-refractivity contribution in [2.24, 2.45) is 0 Å². The molecule has 1 rings (SSSR count). The second kappa shape index (κ2) is 6.51. The molecule has 0 saturated carbocycles. The number of hydrogen-bond donors (Lipinski definition) is 1. The molecule has 0 bridgehead atoms. The summed E-state index contributed by atoms with van der Waals surface area (Å²) in [5.41, 5.74) is 0.905. The molecular weight excluding hydrogens is 202 g/mol. The molecule has 0 heterocycles. The molecule has 0 aliphatic heterocycles. The van der Waals surface area contributed by atoms with Gasteiger partial charge in [0, 0.05) is 0 Å². The maximum absolute atomic E-state index is 8.93. The van der Waals surface area contributed by atoms with E-state index in [2.05, 4.69) is 18.7 Å². The molecule has 0 amide bonds. The highest BCUT2D eigenvalue weighted by Crippen LogP contribution is 2.15. The van der Waals surface area contributed by atoms with Crippen LogP contribution in [-0.2, 0) is 6.61 Å². The summed E-state index contributed by atoms with van der Waals surface area (Å²) in [6.45, 7) is 8.33. The molecule has 0 aliphatic carbocycles. The Kier molecular flexibility index (Phi) is 5.29. The molecule has 0 aliphatic rings. The number of rotatable bonds is 6. The summed E-state index contributed by atoms with van der Waals surface area (Å²) in [5.74, 6) is 0.844. The van der Waals surface area contributed by atoms with Crippen molar-refractivity contribution in [3.05, 3.63) is 29.8 Å². The highest BCUT2D eigenvalue weighted by atomic mass is 16.5. The van der Waals surface area contributed by atoms with Crippen LogP contribution in [0.4, 0.5) is 0 Å². The molecule has 3 nitrogen and oxygen atoms in total. The normalized spacial score (nSPS) is 12.8. The molecule has 1 N–H and O–H groups in total. The molecule has 1 unspecified atom stereocenters. The molecule has 0 aromatic heterocycles. The van der Waals surface area contributed by atoms with Crippen LogP contribution in [0.5, 0.6) is 5.75 Å². The van der Waals surface area contributed by atoms with Crippen LogP contribution in [0.1, 0.15) is 26.3 Å². The fourth-order valence-electron chi connectivity index (χ4n) is 1.68. The summed E-state index contributed by atoms with van der Waals surface area (Å²) in [4.78, 5) is 2.24. The van der Waals surface area contributed by atoms with Crippen molar-refractivity contribution in [1.29, 1.82) is 0 Å². The maximum Gasteiger partial charge on any atom is 0.149 e. The van der Waals surface area contributed by atoms with Gasteiger partial charge in [-0.3, -0.25) is 4.90 Å². The number of hydrogen-bond acceptors (Lipinski definition) is 3. The molecule has 0 saturated heterocycles. The van der Waals surface area contributed by atoms with Crippen molar-refractivity contribution in [3.8, 4) is 5.75 Å². The summed E-state index contributed by atoms with van der Waals surface area (Å²) in [5, 5.41) is 8.93. The molecular formula is C13H21NO2. The third kappa shape index (κ3) is 3.51. The zero-order chi connectivity index (χ0) is 12.0. The van der Waals surface area contributed by atoms with Crippen LogP contribution in [0.3, 0.4) is 0 Å². The van der Waals surface area contributed by atoms with Gasteiger partial charge in [0.2, 0.25) is 0 Å². The Labute approximate surface area is 97.7 Å². The average Bonchev–Trinajstić information content (AvgIpc) is 2.31. The van der Waals surface area contributed by atoms with Crippen molar-refractivity contribution in [2.45, 2.75) is 33.6 Å². The monoisotopic (exact) mass is 223 g/mol. The smallest absolute Gasteiger partial charge is 0.149 e. The van der Waals surface area contributed by atoms with Crippen molar-refractivity contribution >= 4 is 0 Å². The summed E-state index contributed by atoms with van der Waals surface area (Å²) in [6.07, 6.45) is 0.0787. The average molecular weight is 223 g/mol. The zero-order valence-corrected chi connectivity index (χ0v) is 10.3. The maximum atomic E-state index is 8.93. The summed E-state index contributed by atoms with van der Waals surface area (Å²) < 4.78 is 5.80. The van der Waals surface area contributed by atoms with E-state index in [9.17, 15) is 0 Å². The molecule has 0 fully saturated rings. The van der Waals surface area contributed by atoms with E-state index in [4.69, 9.17) is 9.84 Å². The minimum atomic E-state index is 0.0753. The largest absolute Gasteiger partial charge is 0.475 e. The summed E-state index contributed by atoms with van der Waals surface area (Å²) >= 11 is 0. The van der Waals surface area contributed by atoms with Crippen molar-refractivity contribution < 1.29 is 9.84 Å². The van der Waals surface area contributed by atoms with E-state index in [-0.39, 0.29) is 12.8 Å². The highest BCUT2D eigenvalue weighted by molar-refractivity contribution is 5.26. The molecule has 90 valence electrons. The lowest BCUT2D eigenvalue weighted by atomic mass is 10.2. The Morgan fingerprint density at radius 2 is 1.75 bits per heavy atom. The van der Waals surface area contributed by atoms with E-state index >= 15 is 0 Å². The first-order valence-corrected chi connectivity index (χ1v) is 5.81. The lowest BCUT2D eigenvalue weighted by Gasteiger charge is -2.26. The predicted octanol–water partition coefficient (Wildman–Crippen LogP) is 2.25. The first kappa shape index (κ1) is 13.0. The van der Waals surface area contributed by atoms with Gasteiger partial charge in [0.05, 0.1) is 6.61 Å². The van der Waals surface area contributed by atoms with E-state index < -0.39 is 0 Å². The predicted molar refractivity (Wildman–Crippen MR) is 65.4 cm³/mol. The Morgan fingerprint density at radius 1 is 1.19 bits per heavy atom. The van der Waals surface area contributed by atoms with Crippen LogP contribution in [0.15, 0.2) is 24.3 Å². The summed E-state index contributed by atoms with van der Waals surface area (Å²) in [7, 11) is 0. The van der Waals surface area contributed by atoms with Crippen LogP contribution in [0.25, 0.3) is 0 Å². The van der Waals surface area contributed by atoms with Gasteiger partial charge in [0.15, 0.2) is 0 Å². The minimum absolute atomic E-state index is 0.0753. The van der Waals surface area contributed by atoms with Crippen LogP contribution in [0, 0.1) is 0 Å². The van der Waals surface area contributed by atoms with Gasteiger partial charge >= 0.3 is 0 Å². The Balaban J connectivity index is 2.58. The van der Waals surface area contributed by atoms with Gasteiger partial charge in [-0.05, 0) is 37.7 Å². The molecule has 1 aromatic carbocycles. The third-order valence-electron chi connectivity index (χ3n) is 2.74. The van der Waals surface area contributed by atoms with E-state index in [1.807, 2.05) is 31.2 Å². The van der Waals surface area contributed by atoms with Gasteiger partial charge in [-0.15, -0.1) is 0 Å². The van der Waals surface area contributed by atoms with Crippen molar-refractivity contribution in [3.63, 3.8) is 0 Å². The molecule has 0 radical (unpaired) electrons. The van der Waals surface area contributed by atoms with Crippen LogP contribution in [-0.4, -0.2) is 29.3 Å². The Morgan fingerprint density at radius 3 is 2.19 bits per heavy atom. The Bertz CT molecular complexity index is 293. The number of nitrogens with zero attached hydrogens (tertiary/aromatic N) is 1. The molecule has 1 aromatic rings. The second-order valence-electron chi connectivity index (χ2n) is 3.74. The molecule has 0 spiro atoms. The first-order valence-electron chi connectivity index (χ1n) is 5.81. The van der Waals surface area contributed by atoms with Crippen molar-refractivity contribution in [1.82, 2.24) is 4.90 Å².